The zero-order valence-corrected chi connectivity index (χ0v) is 14.5. The molecule has 2 aromatic heterocycles. The number of fused-ring (bicyclic) bond motifs is 4. The Morgan fingerprint density at radius 1 is 0.520 bits per heavy atom. The molecule has 0 amide bonds. The van der Waals surface area contributed by atoms with E-state index in [-0.39, 0.29) is 0 Å². The summed E-state index contributed by atoms with van der Waals surface area (Å²) in [5, 5.41) is 0. The van der Waals surface area contributed by atoms with Gasteiger partial charge in [-0.1, -0.05) is 24.3 Å². The van der Waals surface area contributed by atoms with E-state index in [4.69, 9.17) is 4.42 Å². The Hall–Kier alpha value is -3.14. The van der Waals surface area contributed by atoms with Crippen LogP contribution in [0.1, 0.15) is 0 Å². The van der Waals surface area contributed by atoms with E-state index in [1.807, 2.05) is 18.2 Å². The topological polar surface area (TPSA) is 27.9 Å². The third kappa shape index (κ3) is 1.88. The summed E-state index contributed by atoms with van der Waals surface area (Å²) in [6.07, 6.45) is 0. The van der Waals surface area contributed by atoms with Gasteiger partial charge in [-0.2, -0.15) is 0 Å². The molecule has 5 rings (SSSR count). The molecular formula is C21H19N3O. The molecule has 25 heavy (non-hydrogen) atoms. The van der Waals surface area contributed by atoms with Crippen LogP contribution in [0.5, 0.6) is 0 Å². The number of hydrogen-bond acceptors (Lipinski definition) is 1. The van der Waals surface area contributed by atoms with Gasteiger partial charge in [-0.15, -0.1) is 0 Å². The van der Waals surface area contributed by atoms with Crippen LogP contribution in [0.3, 0.4) is 0 Å². The zero-order chi connectivity index (χ0) is 17.1. The molecule has 0 bridgehead atoms. The maximum absolute atomic E-state index is 6.20. The van der Waals surface area contributed by atoms with Gasteiger partial charge in [0.1, 0.15) is 0 Å². The van der Waals surface area contributed by atoms with Gasteiger partial charge in [-0.05, 0) is 30.3 Å². The van der Waals surface area contributed by atoms with Crippen molar-refractivity contribution in [2.45, 2.75) is 0 Å². The molecule has 0 atom stereocenters. The second kappa shape index (κ2) is 4.93. The molecule has 0 fully saturated rings. The van der Waals surface area contributed by atoms with Crippen molar-refractivity contribution in [2.24, 2.45) is 21.1 Å². The molecule has 0 aliphatic rings. The Kier molecular flexibility index (Phi) is 2.80. The number of benzene rings is 3. The molecular weight excluding hydrogens is 310 g/mol. The molecule has 3 aromatic carbocycles. The summed E-state index contributed by atoms with van der Waals surface area (Å²) >= 11 is 0. The van der Waals surface area contributed by atoms with Gasteiger partial charge in [-0.3, -0.25) is 0 Å². The highest BCUT2D eigenvalue weighted by molar-refractivity contribution is 5.97. The second-order valence-corrected chi connectivity index (χ2v) is 6.54. The fraction of sp³-hybridized carbons (Fsp3) is 0.143. The fourth-order valence-corrected chi connectivity index (χ4v) is 3.79. The summed E-state index contributed by atoms with van der Waals surface area (Å²) in [7, 11) is 6.32. The third-order valence-electron chi connectivity index (χ3n) is 5.19. The van der Waals surface area contributed by atoms with E-state index in [0.29, 0.717) is 0 Å². The Bertz CT molecular complexity index is 1330. The van der Waals surface area contributed by atoms with E-state index in [0.717, 1.165) is 27.7 Å². The number of aryl methyl sites for hydroxylation is 3. The van der Waals surface area contributed by atoms with Crippen LogP contribution in [0, 0.1) is 0 Å². The highest BCUT2D eigenvalue weighted by Crippen LogP contribution is 2.29. The molecule has 4 nitrogen and oxygen atoms in total. The third-order valence-corrected chi connectivity index (χ3v) is 5.19. The first-order chi connectivity index (χ1) is 12.1. The van der Waals surface area contributed by atoms with Gasteiger partial charge in [0, 0.05) is 27.2 Å². The molecule has 124 valence electrons. The van der Waals surface area contributed by atoms with Crippen molar-refractivity contribution in [1.82, 2.24) is 13.7 Å². The quantitative estimate of drug-likeness (QED) is 0.366. The molecule has 2 heterocycles. The van der Waals surface area contributed by atoms with Crippen molar-refractivity contribution in [3.63, 3.8) is 0 Å². The van der Waals surface area contributed by atoms with Crippen molar-refractivity contribution >= 4 is 44.3 Å². The van der Waals surface area contributed by atoms with Gasteiger partial charge in [0.15, 0.2) is 11.2 Å². The van der Waals surface area contributed by atoms with Gasteiger partial charge < -0.3 is 18.1 Å². The van der Waals surface area contributed by atoms with Gasteiger partial charge in [0.25, 0.3) is 0 Å². The van der Waals surface area contributed by atoms with Crippen molar-refractivity contribution in [3.05, 3.63) is 60.7 Å². The summed E-state index contributed by atoms with van der Waals surface area (Å²) in [5.41, 5.74) is 8.67. The minimum Gasteiger partial charge on any atom is -0.453 e. The van der Waals surface area contributed by atoms with E-state index in [1.165, 1.54) is 16.6 Å². The second-order valence-electron chi connectivity index (χ2n) is 6.54. The van der Waals surface area contributed by atoms with Crippen LogP contribution in [-0.4, -0.2) is 13.7 Å². The highest BCUT2D eigenvalue weighted by Gasteiger charge is 2.11. The minimum atomic E-state index is 0.889. The minimum absolute atomic E-state index is 0.889. The lowest BCUT2D eigenvalue weighted by atomic mass is 10.2. The van der Waals surface area contributed by atoms with Crippen LogP contribution >= 0.6 is 0 Å². The molecule has 4 heteroatoms. The van der Waals surface area contributed by atoms with Crippen LogP contribution in [0.4, 0.5) is 0 Å². The lowest BCUT2D eigenvalue weighted by Crippen LogP contribution is -2.05. The van der Waals surface area contributed by atoms with E-state index >= 15 is 0 Å². The van der Waals surface area contributed by atoms with E-state index in [1.54, 1.807) is 0 Å². The van der Waals surface area contributed by atoms with Crippen LogP contribution in [0.25, 0.3) is 44.3 Å². The molecule has 0 unspecified atom stereocenters. The molecule has 0 saturated carbocycles. The SMILES string of the molecule is Cn1c2ccccc2oc2cc3c(cc21)n(C)c1ccccc1n3C. The number of para-hydroxylation sites is 4. The van der Waals surface area contributed by atoms with E-state index in [9.17, 15) is 0 Å². The van der Waals surface area contributed by atoms with Crippen LogP contribution < -0.4 is 0 Å². The number of rotatable bonds is 0. The molecule has 0 spiro atoms. The summed E-state index contributed by atoms with van der Waals surface area (Å²) in [5.74, 6) is 0. The normalized spacial score (nSPS) is 11.8. The van der Waals surface area contributed by atoms with Crippen LogP contribution in [0.15, 0.2) is 65.1 Å². The summed E-state index contributed by atoms with van der Waals surface area (Å²) in [6.45, 7) is 0. The first-order valence-corrected chi connectivity index (χ1v) is 8.40. The largest absolute Gasteiger partial charge is 0.453 e. The predicted octanol–water partition coefficient (Wildman–Crippen LogP) is 5.03. The standard InChI is InChI=1S/C21H19N3O/c1-22-14-8-4-5-9-15(14)23(2)18-13-21-19(12-17(18)22)24(3)16-10-6-7-11-20(16)25-21/h4-13H,1-3H3. The summed E-state index contributed by atoms with van der Waals surface area (Å²) in [6, 6.07) is 21.0. The van der Waals surface area contributed by atoms with Gasteiger partial charge in [0.05, 0.1) is 33.1 Å². The Labute approximate surface area is 144 Å². The lowest BCUT2D eigenvalue weighted by molar-refractivity contribution is 0.650. The first-order valence-electron chi connectivity index (χ1n) is 8.40. The van der Waals surface area contributed by atoms with Crippen molar-refractivity contribution in [2.75, 3.05) is 0 Å². The highest BCUT2D eigenvalue weighted by atomic mass is 16.3. The van der Waals surface area contributed by atoms with E-state index in [2.05, 4.69) is 77.3 Å². The van der Waals surface area contributed by atoms with Crippen LogP contribution in [-0.2, 0) is 21.1 Å². The maximum Gasteiger partial charge on any atom is 0.153 e. The number of nitrogens with zero attached hydrogens (tertiary/aromatic N) is 3. The zero-order valence-electron chi connectivity index (χ0n) is 14.5. The monoisotopic (exact) mass is 329 g/mol. The van der Waals surface area contributed by atoms with E-state index < -0.39 is 0 Å². The Morgan fingerprint density at radius 2 is 1.04 bits per heavy atom. The summed E-state index contributed by atoms with van der Waals surface area (Å²) in [4.78, 5) is 0. The van der Waals surface area contributed by atoms with Crippen molar-refractivity contribution in [3.8, 4) is 0 Å². The molecule has 0 aliphatic carbocycles. The molecule has 0 N–H and O–H groups in total. The van der Waals surface area contributed by atoms with Gasteiger partial charge in [-0.25, -0.2) is 0 Å². The first kappa shape index (κ1) is 14.2. The summed E-state index contributed by atoms with van der Waals surface area (Å²) < 4.78 is 12.9. The molecule has 0 saturated heterocycles. The maximum atomic E-state index is 6.20. The smallest absolute Gasteiger partial charge is 0.153 e. The van der Waals surface area contributed by atoms with Gasteiger partial charge in [0.2, 0.25) is 0 Å². The average molecular weight is 329 g/mol. The van der Waals surface area contributed by atoms with Crippen molar-refractivity contribution < 1.29 is 4.42 Å². The Morgan fingerprint density at radius 3 is 1.72 bits per heavy atom. The fourth-order valence-electron chi connectivity index (χ4n) is 3.79. The average Bonchev–Trinajstić information content (AvgIpc) is 2.65. The van der Waals surface area contributed by atoms with Crippen molar-refractivity contribution in [1.29, 1.82) is 0 Å². The lowest BCUT2D eigenvalue weighted by Gasteiger charge is -2.18. The molecule has 5 aromatic rings. The van der Waals surface area contributed by atoms with Crippen LogP contribution in [0.2, 0.25) is 0 Å². The molecule has 0 aliphatic heterocycles. The predicted molar refractivity (Wildman–Crippen MR) is 103 cm³/mol. The van der Waals surface area contributed by atoms with Gasteiger partial charge >= 0.3 is 0 Å². The Balaban J connectivity index is 2.04. The number of aromatic nitrogens is 3. The number of hydrogen-bond donors (Lipinski definition) is 0. The molecule has 0 radical (unpaired) electrons.